The highest BCUT2D eigenvalue weighted by molar-refractivity contribution is 5.94. The van der Waals surface area contributed by atoms with Crippen LogP contribution in [0.2, 0.25) is 0 Å². The summed E-state index contributed by atoms with van der Waals surface area (Å²) in [5, 5.41) is 12.9. The van der Waals surface area contributed by atoms with Gasteiger partial charge in [-0.25, -0.2) is 19.7 Å². The van der Waals surface area contributed by atoms with Gasteiger partial charge in [-0.2, -0.15) is 13.2 Å². The summed E-state index contributed by atoms with van der Waals surface area (Å²) in [6.45, 7) is 6.25. The number of fused-ring (bicyclic) bond motifs is 1. The van der Waals surface area contributed by atoms with E-state index in [1.807, 2.05) is 24.3 Å². The number of carboxylic acids is 1. The Morgan fingerprint density at radius 1 is 0.941 bits per heavy atom. The maximum absolute atomic E-state index is 13.4. The van der Waals surface area contributed by atoms with E-state index in [2.05, 4.69) is 46.0 Å². The first-order valence-electron chi connectivity index (χ1n) is 10.3. The fourth-order valence-corrected chi connectivity index (χ4v) is 3.36. The zero-order chi connectivity index (χ0) is 24.7. The Labute approximate surface area is 192 Å². The number of hydrogen-bond donors (Lipinski definition) is 2. The zero-order valence-electron chi connectivity index (χ0n) is 18.5. The van der Waals surface area contributed by atoms with Gasteiger partial charge in [0.05, 0.1) is 16.6 Å². The predicted molar refractivity (Wildman–Crippen MR) is 121 cm³/mol. The monoisotopic (exact) mass is 467 g/mol. The number of aromatic nitrogens is 4. The summed E-state index contributed by atoms with van der Waals surface area (Å²) in [7, 11) is 0. The average Bonchev–Trinajstić information content (AvgIpc) is 2.77. The molecule has 4 rings (SSSR count). The molecule has 7 nitrogen and oxygen atoms in total. The lowest BCUT2D eigenvalue weighted by molar-refractivity contribution is -0.137. The van der Waals surface area contributed by atoms with E-state index in [4.69, 9.17) is 0 Å². The van der Waals surface area contributed by atoms with Gasteiger partial charge in [-0.3, -0.25) is 4.98 Å². The lowest BCUT2D eigenvalue weighted by Crippen LogP contribution is -2.11. The van der Waals surface area contributed by atoms with Gasteiger partial charge in [0.15, 0.2) is 5.65 Å². The van der Waals surface area contributed by atoms with Gasteiger partial charge in [0, 0.05) is 11.9 Å². The third kappa shape index (κ3) is 4.66. The predicted octanol–water partition coefficient (Wildman–Crippen LogP) is 5.84. The van der Waals surface area contributed by atoms with Gasteiger partial charge in [-0.1, -0.05) is 32.9 Å². The first-order valence-corrected chi connectivity index (χ1v) is 10.3. The molecule has 0 unspecified atom stereocenters. The van der Waals surface area contributed by atoms with Crippen molar-refractivity contribution in [1.29, 1.82) is 0 Å². The highest BCUT2D eigenvalue weighted by Gasteiger charge is 2.34. The van der Waals surface area contributed by atoms with Crippen LogP contribution in [0.1, 0.15) is 42.5 Å². The van der Waals surface area contributed by atoms with Crippen molar-refractivity contribution in [2.75, 3.05) is 5.32 Å². The van der Waals surface area contributed by atoms with Gasteiger partial charge in [0.25, 0.3) is 0 Å². The standard InChI is InChI=1S/C24H20F3N5O2/c1-23(2,3)13-6-8-14(9-7-13)29-19-15-10-11-17(30-20(15)32-21(31-19)22(33)34)18-16(24(25,26)27)5-4-12-28-18/h4-12H,1-3H3,(H,33,34)(H,29,30,31,32). The first-order chi connectivity index (χ1) is 15.9. The van der Waals surface area contributed by atoms with Gasteiger partial charge in [0.2, 0.25) is 5.82 Å². The molecule has 0 bridgehead atoms. The Bertz CT molecular complexity index is 1380. The summed E-state index contributed by atoms with van der Waals surface area (Å²) >= 11 is 0. The van der Waals surface area contributed by atoms with Crippen LogP contribution < -0.4 is 5.32 Å². The molecule has 174 valence electrons. The molecule has 0 aliphatic carbocycles. The van der Waals surface area contributed by atoms with E-state index in [1.165, 1.54) is 24.4 Å². The van der Waals surface area contributed by atoms with E-state index in [9.17, 15) is 23.1 Å². The molecule has 10 heteroatoms. The number of nitrogens with zero attached hydrogens (tertiary/aromatic N) is 4. The third-order valence-corrected chi connectivity index (χ3v) is 5.12. The molecular weight excluding hydrogens is 447 g/mol. The summed E-state index contributed by atoms with van der Waals surface area (Å²) < 4.78 is 40.3. The van der Waals surface area contributed by atoms with Crippen molar-refractivity contribution in [3.05, 3.63) is 71.7 Å². The van der Waals surface area contributed by atoms with E-state index in [-0.39, 0.29) is 28.3 Å². The highest BCUT2D eigenvalue weighted by Crippen LogP contribution is 2.36. The van der Waals surface area contributed by atoms with Gasteiger partial charge >= 0.3 is 12.1 Å². The number of benzene rings is 1. The molecule has 4 aromatic rings. The van der Waals surface area contributed by atoms with Crippen molar-refractivity contribution in [3.63, 3.8) is 0 Å². The van der Waals surface area contributed by atoms with E-state index in [1.54, 1.807) is 0 Å². The number of halogens is 3. The number of carboxylic acid groups (broad SMARTS) is 1. The lowest BCUT2D eigenvalue weighted by atomic mass is 9.87. The molecule has 0 aliphatic rings. The second-order valence-corrected chi connectivity index (χ2v) is 8.62. The molecule has 1 aromatic carbocycles. The van der Waals surface area contributed by atoms with Crippen LogP contribution >= 0.6 is 0 Å². The molecule has 34 heavy (non-hydrogen) atoms. The number of rotatable bonds is 4. The number of pyridine rings is 2. The van der Waals surface area contributed by atoms with Crippen molar-refractivity contribution in [1.82, 2.24) is 19.9 Å². The fourth-order valence-electron chi connectivity index (χ4n) is 3.36. The Morgan fingerprint density at radius 3 is 2.26 bits per heavy atom. The van der Waals surface area contributed by atoms with E-state index in [0.29, 0.717) is 11.1 Å². The number of carbonyl (C=O) groups is 1. The Balaban J connectivity index is 1.81. The van der Waals surface area contributed by atoms with Crippen LogP contribution in [0.25, 0.3) is 22.4 Å². The number of alkyl halides is 3. The van der Waals surface area contributed by atoms with Crippen molar-refractivity contribution in [2.24, 2.45) is 0 Å². The lowest BCUT2D eigenvalue weighted by Gasteiger charge is -2.19. The SMILES string of the molecule is CC(C)(C)c1ccc(Nc2nc(C(=O)O)nc3nc(-c4ncccc4C(F)(F)F)ccc23)cc1. The smallest absolute Gasteiger partial charge is 0.418 e. The molecule has 2 N–H and O–H groups in total. The summed E-state index contributed by atoms with van der Waals surface area (Å²) in [6.07, 6.45) is -3.41. The van der Waals surface area contributed by atoms with Crippen LogP contribution in [0.5, 0.6) is 0 Å². The van der Waals surface area contributed by atoms with Gasteiger partial charge in [0.1, 0.15) is 11.5 Å². The number of nitrogens with one attached hydrogen (secondary N) is 1. The van der Waals surface area contributed by atoms with Crippen LogP contribution in [0, 0.1) is 0 Å². The largest absolute Gasteiger partial charge is 0.475 e. The molecule has 0 saturated heterocycles. The van der Waals surface area contributed by atoms with Crippen molar-refractivity contribution < 1.29 is 23.1 Å². The average molecular weight is 467 g/mol. The Morgan fingerprint density at radius 2 is 1.65 bits per heavy atom. The van der Waals surface area contributed by atoms with E-state index in [0.717, 1.165) is 11.6 Å². The Hall–Kier alpha value is -4.08. The highest BCUT2D eigenvalue weighted by atomic mass is 19.4. The zero-order valence-corrected chi connectivity index (χ0v) is 18.5. The molecule has 0 spiro atoms. The minimum atomic E-state index is -4.63. The number of anilines is 2. The second-order valence-electron chi connectivity index (χ2n) is 8.62. The minimum absolute atomic E-state index is 0.0440. The summed E-state index contributed by atoms with van der Waals surface area (Å²) in [5.74, 6) is -1.76. The molecule has 0 aliphatic heterocycles. The van der Waals surface area contributed by atoms with Crippen LogP contribution in [0.4, 0.5) is 24.7 Å². The normalized spacial score (nSPS) is 12.1. The quantitative estimate of drug-likeness (QED) is 0.389. The maximum atomic E-state index is 13.4. The van der Waals surface area contributed by atoms with E-state index >= 15 is 0 Å². The van der Waals surface area contributed by atoms with Crippen LogP contribution in [-0.4, -0.2) is 31.0 Å². The molecule has 3 heterocycles. The van der Waals surface area contributed by atoms with Crippen molar-refractivity contribution >= 4 is 28.5 Å². The summed E-state index contributed by atoms with van der Waals surface area (Å²) in [6, 6.07) is 12.5. The van der Waals surface area contributed by atoms with Gasteiger partial charge < -0.3 is 10.4 Å². The van der Waals surface area contributed by atoms with Crippen LogP contribution in [-0.2, 0) is 11.6 Å². The molecule has 0 amide bonds. The van der Waals surface area contributed by atoms with Crippen molar-refractivity contribution in [2.45, 2.75) is 32.4 Å². The second kappa shape index (κ2) is 8.36. The van der Waals surface area contributed by atoms with Gasteiger partial charge in [-0.15, -0.1) is 0 Å². The van der Waals surface area contributed by atoms with E-state index < -0.39 is 23.5 Å². The topological polar surface area (TPSA) is 101 Å². The first kappa shape index (κ1) is 23.1. The summed E-state index contributed by atoms with van der Waals surface area (Å²) in [4.78, 5) is 27.6. The third-order valence-electron chi connectivity index (χ3n) is 5.12. The van der Waals surface area contributed by atoms with Crippen molar-refractivity contribution in [3.8, 4) is 11.4 Å². The summed E-state index contributed by atoms with van der Waals surface area (Å²) in [5.41, 5.74) is 0.230. The molecule has 0 radical (unpaired) electrons. The Kier molecular flexibility index (Phi) is 5.68. The molecule has 0 saturated carbocycles. The van der Waals surface area contributed by atoms with Crippen LogP contribution in [0.15, 0.2) is 54.7 Å². The fraction of sp³-hybridized carbons (Fsp3) is 0.208. The molecular formula is C24H20F3N5O2. The number of hydrogen-bond acceptors (Lipinski definition) is 6. The van der Waals surface area contributed by atoms with Gasteiger partial charge in [-0.05, 0) is 47.4 Å². The molecule has 0 fully saturated rings. The maximum Gasteiger partial charge on any atom is 0.418 e. The minimum Gasteiger partial charge on any atom is -0.475 e. The number of aromatic carboxylic acids is 1. The molecule has 3 aromatic heterocycles. The molecule has 0 atom stereocenters. The van der Waals surface area contributed by atoms with Crippen LogP contribution in [0.3, 0.4) is 0 Å².